The van der Waals surface area contributed by atoms with Crippen molar-refractivity contribution in [1.29, 1.82) is 0 Å². The number of rotatable bonds is 6. The van der Waals surface area contributed by atoms with Gasteiger partial charge >= 0.3 is 0 Å². The normalized spacial score (nSPS) is 28.1. The van der Waals surface area contributed by atoms with E-state index in [2.05, 4.69) is 4.72 Å². The standard InChI is InChI=1S/C15H22N2O2S2/c16-13-2-1-3-14(10-13)20-6-7-21(18,19)17-15-9-11-4-5-12(15)8-11/h1-3,10-12,15,17H,4-9,16H2. The van der Waals surface area contributed by atoms with E-state index in [1.54, 1.807) is 0 Å². The molecule has 2 saturated carbocycles. The quantitative estimate of drug-likeness (QED) is 0.622. The molecule has 2 fully saturated rings. The fourth-order valence-corrected chi connectivity index (χ4v) is 6.26. The van der Waals surface area contributed by atoms with Gasteiger partial charge in [-0.05, 0) is 49.3 Å². The zero-order valence-corrected chi connectivity index (χ0v) is 13.6. The molecule has 2 aliphatic carbocycles. The summed E-state index contributed by atoms with van der Waals surface area (Å²) >= 11 is 1.54. The highest BCUT2D eigenvalue weighted by Crippen LogP contribution is 2.44. The van der Waals surface area contributed by atoms with Gasteiger partial charge in [-0.25, -0.2) is 13.1 Å². The topological polar surface area (TPSA) is 72.2 Å². The van der Waals surface area contributed by atoms with Crippen LogP contribution in [-0.4, -0.2) is 26.0 Å². The maximum Gasteiger partial charge on any atom is 0.212 e. The Bertz CT molecular complexity index is 603. The Hall–Kier alpha value is -0.720. The number of fused-ring (bicyclic) bond motifs is 2. The van der Waals surface area contributed by atoms with Gasteiger partial charge in [-0.3, -0.25) is 0 Å². The van der Waals surface area contributed by atoms with E-state index in [0.29, 0.717) is 17.4 Å². The van der Waals surface area contributed by atoms with Crippen molar-refractivity contribution in [2.45, 2.75) is 36.6 Å². The summed E-state index contributed by atoms with van der Waals surface area (Å²) in [5.74, 6) is 2.05. The third-order valence-electron chi connectivity index (χ3n) is 4.55. The van der Waals surface area contributed by atoms with E-state index in [1.807, 2.05) is 24.3 Å². The summed E-state index contributed by atoms with van der Waals surface area (Å²) in [6.45, 7) is 0. The van der Waals surface area contributed by atoms with Crippen LogP contribution >= 0.6 is 11.8 Å². The SMILES string of the molecule is Nc1cccc(SCCS(=O)(=O)NC2CC3CCC2C3)c1. The molecule has 3 rings (SSSR count). The van der Waals surface area contributed by atoms with Crippen LogP contribution in [0.3, 0.4) is 0 Å². The van der Waals surface area contributed by atoms with Gasteiger partial charge in [0.15, 0.2) is 0 Å². The maximum atomic E-state index is 12.2. The number of nitrogen functional groups attached to an aromatic ring is 1. The van der Waals surface area contributed by atoms with Crippen LogP contribution in [0.25, 0.3) is 0 Å². The van der Waals surface area contributed by atoms with E-state index < -0.39 is 10.0 Å². The van der Waals surface area contributed by atoms with Crippen LogP contribution in [0.1, 0.15) is 25.7 Å². The van der Waals surface area contributed by atoms with Gasteiger partial charge in [-0.15, -0.1) is 11.8 Å². The molecule has 21 heavy (non-hydrogen) atoms. The molecular formula is C15H22N2O2S2. The molecule has 3 unspecified atom stereocenters. The molecule has 0 aromatic heterocycles. The van der Waals surface area contributed by atoms with Crippen molar-refractivity contribution in [2.24, 2.45) is 11.8 Å². The third kappa shape index (κ3) is 3.93. The average molecular weight is 326 g/mol. The molecule has 0 heterocycles. The molecule has 2 bridgehead atoms. The first kappa shape index (κ1) is 15.2. The zero-order valence-electron chi connectivity index (χ0n) is 12.0. The molecule has 3 atom stereocenters. The fourth-order valence-electron chi connectivity index (χ4n) is 3.55. The molecule has 0 saturated heterocycles. The van der Waals surface area contributed by atoms with Crippen LogP contribution < -0.4 is 10.5 Å². The van der Waals surface area contributed by atoms with Crippen molar-refractivity contribution >= 4 is 27.5 Å². The summed E-state index contributed by atoms with van der Waals surface area (Å²) in [4.78, 5) is 1.02. The zero-order chi connectivity index (χ0) is 14.9. The van der Waals surface area contributed by atoms with E-state index in [1.165, 1.54) is 31.0 Å². The van der Waals surface area contributed by atoms with Gasteiger partial charge in [-0.1, -0.05) is 12.5 Å². The van der Waals surface area contributed by atoms with Crippen LogP contribution in [0, 0.1) is 11.8 Å². The number of anilines is 1. The van der Waals surface area contributed by atoms with E-state index in [0.717, 1.165) is 17.2 Å². The predicted molar refractivity (Wildman–Crippen MR) is 87.7 cm³/mol. The Morgan fingerprint density at radius 3 is 2.81 bits per heavy atom. The molecular weight excluding hydrogens is 304 g/mol. The largest absolute Gasteiger partial charge is 0.399 e. The minimum absolute atomic E-state index is 0.167. The lowest BCUT2D eigenvalue weighted by Gasteiger charge is -2.22. The molecule has 0 spiro atoms. The first-order valence-corrected chi connectivity index (χ1v) is 10.1. The van der Waals surface area contributed by atoms with Crippen molar-refractivity contribution < 1.29 is 8.42 Å². The van der Waals surface area contributed by atoms with Gasteiger partial charge in [-0.2, -0.15) is 0 Å². The summed E-state index contributed by atoms with van der Waals surface area (Å²) in [7, 11) is -3.17. The van der Waals surface area contributed by atoms with Crippen molar-refractivity contribution in [3.8, 4) is 0 Å². The molecule has 0 amide bonds. The van der Waals surface area contributed by atoms with Crippen LogP contribution in [-0.2, 0) is 10.0 Å². The predicted octanol–water partition coefficient (Wildman–Crippen LogP) is 2.47. The molecule has 1 aromatic rings. The van der Waals surface area contributed by atoms with E-state index in [4.69, 9.17) is 5.73 Å². The van der Waals surface area contributed by atoms with Gasteiger partial charge in [0.05, 0.1) is 5.75 Å². The fraction of sp³-hybridized carbons (Fsp3) is 0.600. The van der Waals surface area contributed by atoms with Crippen LogP contribution in [0.5, 0.6) is 0 Å². The lowest BCUT2D eigenvalue weighted by molar-refractivity contribution is 0.390. The first-order chi connectivity index (χ1) is 10.0. The molecule has 4 nitrogen and oxygen atoms in total. The Morgan fingerprint density at radius 2 is 2.14 bits per heavy atom. The number of benzene rings is 1. The number of nitrogens with two attached hydrogens (primary N) is 1. The van der Waals surface area contributed by atoms with Crippen LogP contribution in [0.15, 0.2) is 29.2 Å². The maximum absolute atomic E-state index is 12.2. The number of sulfonamides is 1. The first-order valence-electron chi connectivity index (χ1n) is 7.50. The summed E-state index contributed by atoms with van der Waals surface area (Å²) in [6.07, 6.45) is 4.72. The highest BCUT2D eigenvalue weighted by atomic mass is 32.2. The second kappa shape index (κ2) is 6.18. The highest BCUT2D eigenvalue weighted by Gasteiger charge is 2.40. The summed E-state index contributed by atoms with van der Waals surface area (Å²) < 4.78 is 27.3. The second-order valence-corrected chi connectivity index (χ2v) is 9.18. The number of hydrogen-bond acceptors (Lipinski definition) is 4. The Labute approximate surface area is 130 Å². The number of thioether (sulfide) groups is 1. The monoisotopic (exact) mass is 326 g/mol. The Morgan fingerprint density at radius 1 is 1.29 bits per heavy atom. The van der Waals surface area contributed by atoms with Crippen molar-refractivity contribution in [2.75, 3.05) is 17.2 Å². The lowest BCUT2D eigenvalue weighted by atomic mass is 9.96. The van der Waals surface area contributed by atoms with Crippen molar-refractivity contribution in [1.82, 2.24) is 4.72 Å². The second-order valence-electron chi connectivity index (χ2n) is 6.14. The number of hydrogen-bond donors (Lipinski definition) is 2. The van der Waals surface area contributed by atoms with Crippen molar-refractivity contribution in [3.63, 3.8) is 0 Å². The molecule has 6 heteroatoms. The van der Waals surface area contributed by atoms with Gasteiger partial charge in [0, 0.05) is 22.4 Å². The molecule has 2 aliphatic rings. The molecule has 1 aromatic carbocycles. The van der Waals surface area contributed by atoms with E-state index in [-0.39, 0.29) is 11.8 Å². The Kier molecular flexibility index (Phi) is 4.47. The minimum Gasteiger partial charge on any atom is -0.399 e. The van der Waals surface area contributed by atoms with Gasteiger partial charge in [0.25, 0.3) is 0 Å². The number of nitrogens with one attached hydrogen (secondary N) is 1. The van der Waals surface area contributed by atoms with E-state index >= 15 is 0 Å². The van der Waals surface area contributed by atoms with Crippen LogP contribution in [0.4, 0.5) is 5.69 Å². The molecule has 0 radical (unpaired) electrons. The molecule has 116 valence electrons. The summed E-state index contributed by atoms with van der Waals surface area (Å²) in [5, 5.41) is 0. The third-order valence-corrected chi connectivity index (χ3v) is 7.21. The van der Waals surface area contributed by atoms with Gasteiger partial charge < -0.3 is 5.73 Å². The summed E-state index contributed by atoms with van der Waals surface area (Å²) in [5.41, 5.74) is 6.43. The molecule has 0 aliphatic heterocycles. The van der Waals surface area contributed by atoms with Crippen LogP contribution in [0.2, 0.25) is 0 Å². The highest BCUT2D eigenvalue weighted by molar-refractivity contribution is 8.00. The average Bonchev–Trinajstić information content (AvgIpc) is 3.00. The van der Waals surface area contributed by atoms with Crippen molar-refractivity contribution in [3.05, 3.63) is 24.3 Å². The Balaban J connectivity index is 1.48. The van der Waals surface area contributed by atoms with E-state index in [9.17, 15) is 8.42 Å². The van der Waals surface area contributed by atoms with Gasteiger partial charge in [0.2, 0.25) is 10.0 Å². The van der Waals surface area contributed by atoms with Gasteiger partial charge in [0.1, 0.15) is 0 Å². The smallest absolute Gasteiger partial charge is 0.212 e. The lowest BCUT2D eigenvalue weighted by Crippen LogP contribution is -2.40. The summed E-state index contributed by atoms with van der Waals surface area (Å²) in [6, 6.07) is 7.74. The minimum atomic E-state index is -3.17. The molecule has 3 N–H and O–H groups in total.